The molecular weight excluding hydrogens is 326 g/mol. The highest BCUT2D eigenvalue weighted by molar-refractivity contribution is 7.12. The number of carbonyl (C=O) groups is 3. The Balaban J connectivity index is 1.82. The summed E-state index contributed by atoms with van der Waals surface area (Å²) in [5, 5.41) is 4.54. The van der Waals surface area contributed by atoms with E-state index < -0.39 is 12.1 Å². The highest BCUT2D eigenvalue weighted by atomic mass is 32.1. The van der Waals surface area contributed by atoms with Crippen LogP contribution in [0.1, 0.15) is 44.9 Å². The Morgan fingerprint density at radius 3 is 2.62 bits per heavy atom. The molecule has 1 amide bonds. The maximum atomic E-state index is 12.6. The molecule has 2 aromatic rings. The standard InChI is InChI=1S/C18H17NO4S/c20-16(15-9-5-11-24-15)12-6-1-2-7-13(12)18(22)23-14-8-3-4-10-19-17(14)21/h1-2,5-7,9,11,14H,3-4,8,10H2,(H,19,21). The van der Waals surface area contributed by atoms with Gasteiger partial charge in [-0.1, -0.05) is 24.3 Å². The molecule has 1 aliphatic heterocycles. The summed E-state index contributed by atoms with van der Waals surface area (Å²) in [4.78, 5) is 37.6. The van der Waals surface area contributed by atoms with Gasteiger partial charge >= 0.3 is 5.97 Å². The Hall–Kier alpha value is -2.47. The first-order valence-corrected chi connectivity index (χ1v) is 8.70. The molecule has 1 aromatic carbocycles. The first-order valence-electron chi connectivity index (χ1n) is 7.83. The van der Waals surface area contributed by atoms with Crippen molar-refractivity contribution in [2.75, 3.05) is 6.54 Å². The van der Waals surface area contributed by atoms with Crippen LogP contribution in [-0.4, -0.2) is 30.3 Å². The number of hydrogen-bond acceptors (Lipinski definition) is 5. The number of benzene rings is 1. The first-order chi connectivity index (χ1) is 11.7. The topological polar surface area (TPSA) is 72.5 Å². The van der Waals surface area contributed by atoms with Crippen molar-refractivity contribution < 1.29 is 19.1 Å². The second-order valence-corrected chi connectivity index (χ2v) is 6.48. The SMILES string of the molecule is O=C(OC1CCCCNC1=O)c1ccccc1C(=O)c1cccs1. The van der Waals surface area contributed by atoms with Crippen molar-refractivity contribution in [2.24, 2.45) is 0 Å². The zero-order valence-electron chi connectivity index (χ0n) is 13.0. The third-order valence-corrected chi connectivity index (χ3v) is 4.74. The van der Waals surface area contributed by atoms with Gasteiger partial charge in [0.2, 0.25) is 5.78 Å². The first kappa shape index (κ1) is 16.4. The van der Waals surface area contributed by atoms with Crippen molar-refractivity contribution in [3.8, 4) is 0 Å². The number of ether oxygens (including phenoxy) is 1. The van der Waals surface area contributed by atoms with Crippen molar-refractivity contribution in [3.05, 3.63) is 57.8 Å². The number of hydrogen-bond donors (Lipinski definition) is 1. The molecule has 0 radical (unpaired) electrons. The summed E-state index contributed by atoms with van der Waals surface area (Å²) in [7, 11) is 0. The van der Waals surface area contributed by atoms with Crippen LogP contribution < -0.4 is 5.32 Å². The van der Waals surface area contributed by atoms with Crippen LogP contribution in [0.2, 0.25) is 0 Å². The Morgan fingerprint density at radius 2 is 1.88 bits per heavy atom. The summed E-state index contributed by atoms with van der Waals surface area (Å²) >= 11 is 1.32. The zero-order valence-corrected chi connectivity index (χ0v) is 13.8. The average molecular weight is 343 g/mol. The van der Waals surface area contributed by atoms with Gasteiger partial charge in [0.05, 0.1) is 10.4 Å². The predicted molar refractivity (Wildman–Crippen MR) is 90.3 cm³/mol. The van der Waals surface area contributed by atoms with Crippen LogP contribution in [0.5, 0.6) is 0 Å². The minimum Gasteiger partial charge on any atom is -0.449 e. The van der Waals surface area contributed by atoms with Crippen LogP contribution >= 0.6 is 11.3 Å². The summed E-state index contributed by atoms with van der Waals surface area (Å²) < 4.78 is 5.38. The Kier molecular flexibility index (Phi) is 5.05. The lowest BCUT2D eigenvalue weighted by Crippen LogP contribution is -2.36. The Bertz CT molecular complexity index is 754. The number of amides is 1. The van der Waals surface area contributed by atoms with Crippen molar-refractivity contribution in [3.63, 3.8) is 0 Å². The van der Waals surface area contributed by atoms with Crippen molar-refractivity contribution in [1.29, 1.82) is 0 Å². The average Bonchev–Trinajstić information content (AvgIpc) is 3.06. The molecule has 1 aliphatic rings. The molecule has 0 saturated carbocycles. The van der Waals surface area contributed by atoms with E-state index >= 15 is 0 Å². The fourth-order valence-corrected chi connectivity index (χ4v) is 3.29. The minimum atomic E-state index is -0.801. The summed E-state index contributed by atoms with van der Waals surface area (Å²) in [6, 6.07) is 10.0. The monoisotopic (exact) mass is 343 g/mol. The van der Waals surface area contributed by atoms with Crippen LogP contribution in [0, 0.1) is 0 Å². The van der Waals surface area contributed by atoms with E-state index in [-0.39, 0.29) is 17.3 Å². The van der Waals surface area contributed by atoms with E-state index in [4.69, 9.17) is 4.74 Å². The molecule has 0 bridgehead atoms. The predicted octanol–water partition coefficient (Wildman–Crippen LogP) is 2.80. The zero-order chi connectivity index (χ0) is 16.9. The molecule has 6 heteroatoms. The smallest absolute Gasteiger partial charge is 0.339 e. The molecule has 0 aliphatic carbocycles. The maximum Gasteiger partial charge on any atom is 0.339 e. The van der Waals surface area contributed by atoms with Gasteiger partial charge in [-0.25, -0.2) is 4.79 Å². The summed E-state index contributed by atoms with van der Waals surface area (Å²) in [6.45, 7) is 0.598. The fourth-order valence-electron chi connectivity index (χ4n) is 2.62. The number of nitrogens with one attached hydrogen (secondary N) is 1. The molecule has 1 unspecified atom stereocenters. The van der Waals surface area contributed by atoms with Gasteiger partial charge in [-0.15, -0.1) is 11.3 Å². The normalized spacial score (nSPS) is 17.7. The number of rotatable bonds is 4. The molecule has 1 saturated heterocycles. The van der Waals surface area contributed by atoms with Crippen molar-refractivity contribution in [1.82, 2.24) is 5.32 Å². The van der Waals surface area contributed by atoms with Gasteiger partial charge in [0, 0.05) is 12.1 Å². The lowest BCUT2D eigenvalue weighted by atomic mass is 10.0. The second kappa shape index (κ2) is 7.40. The van der Waals surface area contributed by atoms with E-state index in [9.17, 15) is 14.4 Å². The molecule has 124 valence electrons. The van der Waals surface area contributed by atoms with Gasteiger partial charge < -0.3 is 10.1 Å². The third kappa shape index (κ3) is 3.54. The fraction of sp³-hybridized carbons (Fsp3) is 0.278. The summed E-state index contributed by atoms with van der Waals surface area (Å²) in [5.74, 6) is -1.14. The molecule has 1 aromatic heterocycles. The van der Waals surface area contributed by atoms with Crippen LogP contribution in [0.25, 0.3) is 0 Å². The van der Waals surface area contributed by atoms with Crippen LogP contribution in [-0.2, 0) is 9.53 Å². The molecule has 5 nitrogen and oxygen atoms in total. The second-order valence-electron chi connectivity index (χ2n) is 5.53. The molecule has 1 atom stereocenters. The van der Waals surface area contributed by atoms with E-state index in [2.05, 4.69) is 5.32 Å². The summed E-state index contributed by atoms with van der Waals surface area (Å²) in [5.41, 5.74) is 0.479. The Morgan fingerprint density at radius 1 is 1.08 bits per heavy atom. The van der Waals surface area contributed by atoms with Crippen LogP contribution in [0.15, 0.2) is 41.8 Å². The molecule has 2 heterocycles. The van der Waals surface area contributed by atoms with E-state index in [0.29, 0.717) is 23.4 Å². The highest BCUT2D eigenvalue weighted by Gasteiger charge is 2.27. The maximum absolute atomic E-state index is 12.6. The number of esters is 1. The summed E-state index contributed by atoms with van der Waals surface area (Å²) in [6.07, 6.45) is 1.38. The van der Waals surface area contributed by atoms with E-state index in [1.165, 1.54) is 11.3 Å². The molecule has 1 fully saturated rings. The third-order valence-electron chi connectivity index (χ3n) is 3.87. The van der Waals surface area contributed by atoms with Gasteiger partial charge in [-0.2, -0.15) is 0 Å². The van der Waals surface area contributed by atoms with E-state index in [0.717, 1.165) is 12.8 Å². The van der Waals surface area contributed by atoms with Gasteiger partial charge in [0.25, 0.3) is 5.91 Å². The quantitative estimate of drug-likeness (QED) is 0.684. The van der Waals surface area contributed by atoms with E-state index in [1.54, 1.807) is 36.4 Å². The van der Waals surface area contributed by atoms with Gasteiger partial charge in [0.1, 0.15) is 0 Å². The van der Waals surface area contributed by atoms with Crippen LogP contribution in [0.3, 0.4) is 0 Å². The minimum absolute atomic E-state index is 0.188. The molecule has 0 spiro atoms. The van der Waals surface area contributed by atoms with Gasteiger partial charge in [-0.05, 0) is 36.8 Å². The van der Waals surface area contributed by atoms with Crippen molar-refractivity contribution >= 4 is 29.0 Å². The Labute approximate surface area is 143 Å². The number of ketones is 1. The van der Waals surface area contributed by atoms with Gasteiger partial charge in [-0.3, -0.25) is 9.59 Å². The number of carbonyl (C=O) groups excluding carboxylic acids is 3. The molecule has 3 rings (SSSR count). The molecule has 1 N–H and O–H groups in total. The molecule has 24 heavy (non-hydrogen) atoms. The largest absolute Gasteiger partial charge is 0.449 e. The highest BCUT2D eigenvalue weighted by Crippen LogP contribution is 2.20. The van der Waals surface area contributed by atoms with Crippen LogP contribution in [0.4, 0.5) is 0 Å². The lowest BCUT2D eigenvalue weighted by Gasteiger charge is -2.15. The van der Waals surface area contributed by atoms with E-state index in [1.807, 2.05) is 5.38 Å². The van der Waals surface area contributed by atoms with Crippen molar-refractivity contribution in [2.45, 2.75) is 25.4 Å². The van der Waals surface area contributed by atoms with Gasteiger partial charge in [0.15, 0.2) is 6.10 Å². The number of thiophene rings is 1. The lowest BCUT2D eigenvalue weighted by molar-refractivity contribution is -0.129. The molecular formula is C18H17NO4S.